The number of hydrogen-bond donors (Lipinski definition) is 3. The monoisotopic (exact) mass is 320 g/mol. The summed E-state index contributed by atoms with van der Waals surface area (Å²) < 4.78 is 4.92. The summed E-state index contributed by atoms with van der Waals surface area (Å²) in [7, 11) is 1.52. The number of carboxylic acids is 2. The zero-order valence-electron chi connectivity index (χ0n) is 12.8. The van der Waals surface area contributed by atoms with E-state index in [1.54, 1.807) is 19.9 Å². The highest BCUT2D eigenvalue weighted by Crippen LogP contribution is 2.14. The third-order valence-corrected chi connectivity index (χ3v) is 2.75. The lowest BCUT2D eigenvalue weighted by Gasteiger charge is -2.02. The Morgan fingerprint density at radius 1 is 0.913 bits per heavy atom. The van der Waals surface area contributed by atoms with Gasteiger partial charge in [-0.3, -0.25) is 0 Å². The summed E-state index contributed by atoms with van der Waals surface area (Å²) in [4.78, 5) is 28.2. The fourth-order valence-corrected chi connectivity index (χ4v) is 1.56. The Bertz CT molecular complexity index is 730. The molecule has 0 fully saturated rings. The SMILES string of the molecule is COc1ccc(C(=O)O)nc1C.Cc1nc(C(=O)O)ccc1O. The lowest BCUT2D eigenvalue weighted by atomic mass is 10.3. The van der Waals surface area contributed by atoms with Gasteiger partial charge >= 0.3 is 11.9 Å². The molecule has 0 spiro atoms. The van der Waals surface area contributed by atoms with E-state index in [1.807, 2.05) is 0 Å². The number of nitrogens with zero attached hydrogens (tertiary/aromatic N) is 2. The van der Waals surface area contributed by atoms with Gasteiger partial charge in [-0.1, -0.05) is 0 Å². The molecule has 0 aliphatic rings. The molecule has 3 N–H and O–H groups in total. The maximum absolute atomic E-state index is 10.4. The Morgan fingerprint density at radius 2 is 1.39 bits per heavy atom. The van der Waals surface area contributed by atoms with Gasteiger partial charge in [0.1, 0.15) is 22.9 Å². The van der Waals surface area contributed by atoms with E-state index in [9.17, 15) is 9.59 Å². The summed E-state index contributed by atoms with van der Waals surface area (Å²) in [5.41, 5.74) is 0.885. The fraction of sp³-hybridized carbons (Fsp3) is 0.200. The Balaban J connectivity index is 0.000000231. The van der Waals surface area contributed by atoms with Crippen LogP contribution >= 0.6 is 0 Å². The molecule has 2 heterocycles. The van der Waals surface area contributed by atoms with E-state index in [0.29, 0.717) is 17.1 Å². The number of aryl methyl sites for hydroxylation is 2. The molecule has 0 amide bonds. The normalized spacial score (nSPS) is 9.52. The quantitative estimate of drug-likeness (QED) is 0.781. The number of aromatic hydroxyl groups is 1. The van der Waals surface area contributed by atoms with Crippen molar-refractivity contribution in [3.63, 3.8) is 0 Å². The van der Waals surface area contributed by atoms with E-state index < -0.39 is 11.9 Å². The first-order chi connectivity index (χ1) is 10.8. The zero-order valence-corrected chi connectivity index (χ0v) is 12.8. The number of pyridine rings is 2. The first-order valence-electron chi connectivity index (χ1n) is 6.41. The van der Waals surface area contributed by atoms with Crippen molar-refractivity contribution in [1.29, 1.82) is 0 Å². The minimum atomic E-state index is -1.09. The van der Waals surface area contributed by atoms with Gasteiger partial charge in [-0.2, -0.15) is 0 Å². The maximum Gasteiger partial charge on any atom is 0.354 e. The molecule has 2 aromatic heterocycles. The second-order valence-electron chi connectivity index (χ2n) is 4.40. The van der Waals surface area contributed by atoms with Crippen LogP contribution in [0.25, 0.3) is 0 Å². The number of aromatic nitrogens is 2. The van der Waals surface area contributed by atoms with E-state index >= 15 is 0 Å². The third kappa shape index (κ3) is 4.95. The average molecular weight is 320 g/mol. The zero-order chi connectivity index (χ0) is 17.6. The molecule has 23 heavy (non-hydrogen) atoms. The molecule has 8 nitrogen and oxygen atoms in total. The second kappa shape index (κ2) is 7.74. The van der Waals surface area contributed by atoms with Crippen molar-refractivity contribution in [2.75, 3.05) is 7.11 Å². The van der Waals surface area contributed by atoms with Gasteiger partial charge in [-0.15, -0.1) is 0 Å². The van der Waals surface area contributed by atoms with Gasteiger partial charge in [0.25, 0.3) is 0 Å². The fourth-order valence-electron chi connectivity index (χ4n) is 1.56. The van der Waals surface area contributed by atoms with E-state index in [-0.39, 0.29) is 17.1 Å². The van der Waals surface area contributed by atoms with Gasteiger partial charge in [0.15, 0.2) is 0 Å². The summed E-state index contributed by atoms with van der Waals surface area (Å²) in [6, 6.07) is 5.57. The first kappa shape index (κ1) is 17.9. The molecule has 2 aromatic rings. The van der Waals surface area contributed by atoms with Crippen molar-refractivity contribution in [3.8, 4) is 11.5 Å². The number of carboxylic acid groups (broad SMARTS) is 2. The van der Waals surface area contributed by atoms with Crippen molar-refractivity contribution >= 4 is 11.9 Å². The number of carbonyl (C=O) groups is 2. The molecule has 0 aromatic carbocycles. The van der Waals surface area contributed by atoms with E-state index in [4.69, 9.17) is 20.1 Å². The minimum Gasteiger partial charge on any atom is -0.506 e. The van der Waals surface area contributed by atoms with Crippen LogP contribution in [0, 0.1) is 13.8 Å². The Hall–Kier alpha value is -3.16. The molecule has 0 atom stereocenters. The molecule has 0 saturated carbocycles. The van der Waals surface area contributed by atoms with Gasteiger partial charge in [0.05, 0.1) is 18.5 Å². The van der Waals surface area contributed by atoms with E-state index in [0.717, 1.165) is 0 Å². The molecule has 0 radical (unpaired) electrons. The highest BCUT2D eigenvalue weighted by atomic mass is 16.5. The third-order valence-electron chi connectivity index (χ3n) is 2.75. The molecule has 0 unspecified atom stereocenters. The lowest BCUT2D eigenvalue weighted by molar-refractivity contribution is 0.0679. The predicted octanol–water partition coefficient (Wildman–Crippen LogP) is 1.89. The summed E-state index contributed by atoms with van der Waals surface area (Å²) in [6.07, 6.45) is 0. The smallest absolute Gasteiger partial charge is 0.354 e. The standard InChI is InChI=1S/C8H9NO3.C7H7NO3/c1-5-7(12-2)4-3-6(9-5)8(10)11;1-4-6(9)3-2-5(8-4)7(10)11/h3-4H,1-2H3,(H,10,11);2-3,9H,1H3,(H,10,11). The number of hydrogen-bond acceptors (Lipinski definition) is 6. The van der Waals surface area contributed by atoms with E-state index in [2.05, 4.69) is 9.97 Å². The number of ether oxygens (including phenoxy) is 1. The van der Waals surface area contributed by atoms with Crippen LogP contribution in [0.4, 0.5) is 0 Å². The van der Waals surface area contributed by atoms with Crippen molar-refractivity contribution in [2.24, 2.45) is 0 Å². The maximum atomic E-state index is 10.4. The van der Waals surface area contributed by atoms with Crippen LogP contribution in [-0.2, 0) is 0 Å². The molecule has 122 valence electrons. The predicted molar refractivity (Wildman–Crippen MR) is 80.1 cm³/mol. The van der Waals surface area contributed by atoms with Gasteiger partial charge < -0.3 is 20.1 Å². The van der Waals surface area contributed by atoms with Crippen molar-refractivity contribution in [1.82, 2.24) is 9.97 Å². The topological polar surface area (TPSA) is 130 Å². The Morgan fingerprint density at radius 3 is 1.78 bits per heavy atom. The molecule has 0 bridgehead atoms. The highest BCUT2D eigenvalue weighted by molar-refractivity contribution is 5.85. The minimum absolute atomic E-state index is 0.00926. The van der Waals surface area contributed by atoms with Crippen LogP contribution in [0.3, 0.4) is 0 Å². The summed E-state index contributed by atoms with van der Waals surface area (Å²) >= 11 is 0. The van der Waals surface area contributed by atoms with Crippen LogP contribution in [-0.4, -0.2) is 44.3 Å². The summed E-state index contributed by atoms with van der Waals surface area (Å²) in [5.74, 6) is -1.51. The van der Waals surface area contributed by atoms with Gasteiger partial charge in [-0.05, 0) is 38.1 Å². The van der Waals surface area contributed by atoms with Gasteiger partial charge in [0, 0.05) is 0 Å². The van der Waals surface area contributed by atoms with Gasteiger partial charge in [0.2, 0.25) is 0 Å². The lowest BCUT2D eigenvalue weighted by Crippen LogP contribution is -2.02. The highest BCUT2D eigenvalue weighted by Gasteiger charge is 2.07. The molecule has 0 aliphatic heterocycles. The second-order valence-corrected chi connectivity index (χ2v) is 4.40. The van der Waals surface area contributed by atoms with Crippen molar-refractivity contribution in [3.05, 3.63) is 47.0 Å². The Kier molecular flexibility index (Phi) is 6.02. The van der Waals surface area contributed by atoms with Crippen LogP contribution in [0.1, 0.15) is 32.4 Å². The molecular weight excluding hydrogens is 304 g/mol. The summed E-state index contributed by atoms with van der Waals surface area (Å²) in [5, 5.41) is 26.0. The molecule has 0 saturated heterocycles. The molecule has 2 rings (SSSR count). The first-order valence-corrected chi connectivity index (χ1v) is 6.41. The number of aromatic carboxylic acids is 2. The summed E-state index contributed by atoms with van der Waals surface area (Å²) in [6.45, 7) is 3.24. The average Bonchev–Trinajstić information content (AvgIpc) is 2.50. The molecular formula is C15H16N2O6. The van der Waals surface area contributed by atoms with Crippen LogP contribution in [0.5, 0.6) is 11.5 Å². The van der Waals surface area contributed by atoms with Crippen LogP contribution < -0.4 is 4.74 Å². The van der Waals surface area contributed by atoms with E-state index in [1.165, 1.54) is 25.3 Å². The van der Waals surface area contributed by atoms with Crippen molar-refractivity contribution < 1.29 is 29.6 Å². The largest absolute Gasteiger partial charge is 0.506 e. The van der Waals surface area contributed by atoms with Gasteiger partial charge in [-0.25, -0.2) is 19.6 Å². The number of methoxy groups -OCH3 is 1. The van der Waals surface area contributed by atoms with Crippen LogP contribution in [0.2, 0.25) is 0 Å². The Labute approximate surface area is 132 Å². The molecule has 8 heteroatoms. The van der Waals surface area contributed by atoms with Crippen LogP contribution in [0.15, 0.2) is 24.3 Å². The molecule has 0 aliphatic carbocycles. The number of rotatable bonds is 3. The van der Waals surface area contributed by atoms with Crippen molar-refractivity contribution in [2.45, 2.75) is 13.8 Å².